The molecule has 0 saturated carbocycles. The third-order valence-corrected chi connectivity index (χ3v) is 4.93. The van der Waals surface area contributed by atoms with Gasteiger partial charge >= 0.3 is 0 Å². The molecule has 1 heterocycles. The fraction of sp³-hybridized carbons (Fsp3) is 0.600. The van der Waals surface area contributed by atoms with Crippen LogP contribution in [0.5, 0.6) is 0 Å². The van der Waals surface area contributed by atoms with E-state index in [9.17, 15) is 0 Å². The minimum atomic E-state index is 0.349. The lowest BCUT2D eigenvalue weighted by atomic mass is 10.1. The minimum Gasteiger partial charge on any atom is -0.372 e. The summed E-state index contributed by atoms with van der Waals surface area (Å²) in [6, 6.07) is 9.02. The van der Waals surface area contributed by atoms with Gasteiger partial charge in [0.05, 0.1) is 5.37 Å². The maximum atomic E-state index is 3.59. The molecule has 1 N–H and O–H groups in total. The van der Waals surface area contributed by atoms with Crippen LogP contribution in [0.3, 0.4) is 0 Å². The molecule has 3 heteroatoms. The van der Waals surface area contributed by atoms with Crippen molar-refractivity contribution in [2.24, 2.45) is 0 Å². The van der Waals surface area contributed by atoms with Gasteiger partial charge in [-0.1, -0.05) is 12.1 Å². The first kappa shape index (κ1) is 13.8. The fourth-order valence-corrected chi connectivity index (χ4v) is 3.64. The predicted molar refractivity (Wildman–Crippen MR) is 82.4 cm³/mol. The molecule has 0 radical (unpaired) electrons. The van der Waals surface area contributed by atoms with Crippen molar-refractivity contribution in [1.29, 1.82) is 0 Å². The van der Waals surface area contributed by atoms with Crippen LogP contribution in [0.1, 0.15) is 38.6 Å². The van der Waals surface area contributed by atoms with E-state index in [0.29, 0.717) is 10.1 Å². The molecule has 1 aromatic rings. The number of rotatable bonds is 4. The SMILES string of the molecule is CCN(CC)c1ccc(C2NCC(C)(C)S2)cc1. The molecule has 0 spiro atoms. The number of anilines is 1. The maximum absolute atomic E-state index is 3.59. The second-order valence-electron chi connectivity index (χ2n) is 5.40. The van der Waals surface area contributed by atoms with Gasteiger partial charge in [0.15, 0.2) is 0 Å². The standard InChI is InChI=1S/C15H24N2S/c1-5-17(6-2)13-9-7-12(8-10-13)14-16-11-15(3,4)18-14/h7-10,14,16H,5-6,11H2,1-4H3. The van der Waals surface area contributed by atoms with Gasteiger partial charge in [-0.2, -0.15) is 0 Å². The van der Waals surface area contributed by atoms with E-state index in [1.165, 1.54) is 11.3 Å². The number of hydrogen-bond donors (Lipinski definition) is 1. The molecule has 18 heavy (non-hydrogen) atoms. The zero-order valence-electron chi connectivity index (χ0n) is 11.9. The summed E-state index contributed by atoms with van der Waals surface area (Å²) in [6.45, 7) is 12.2. The van der Waals surface area contributed by atoms with Gasteiger partial charge in [-0.25, -0.2) is 0 Å². The van der Waals surface area contributed by atoms with E-state index in [1.807, 2.05) is 11.8 Å². The van der Waals surface area contributed by atoms with Crippen LogP contribution < -0.4 is 10.2 Å². The Bertz CT molecular complexity index is 382. The average Bonchev–Trinajstić information content (AvgIpc) is 2.72. The lowest BCUT2D eigenvalue weighted by molar-refractivity contribution is 0.635. The van der Waals surface area contributed by atoms with Crippen LogP contribution in [0, 0.1) is 0 Å². The first-order chi connectivity index (χ1) is 8.55. The van der Waals surface area contributed by atoms with Gasteiger partial charge in [-0.05, 0) is 45.4 Å². The van der Waals surface area contributed by atoms with Crippen molar-refractivity contribution >= 4 is 17.4 Å². The maximum Gasteiger partial charge on any atom is 0.0795 e. The summed E-state index contributed by atoms with van der Waals surface area (Å²) in [4.78, 5) is 2.38. The second-order valence-corrected chi connectivity index (χ2v) is 7.21. The summed E-state index contributed by atoms with van der Waals surface area (Å²) in [5.41, 5.74) is 2.72. The van der Waals surface area contributed by atoms with Crippen molar-refractivity contribution < 1.29 is 0 Å². The highest BCUT2D eigenvalue weighted by molar-refractivity contribution is 8.01. The molecule has 1 aromatic carbocycles. The Kier molecular flexibility index (Phi) is 4.23. The first-order valence-electron chi connectivity index (χ1n) is 6.82. The molecule has 0 aliphatic carbocycles. The van der Waals surface area contributed by atoms with Crippen molar-refractivity contribution in [3.8, 4) is 0 Å². The smallest absolute Gasteiger partial charge is 0.0795 e. The molecule has 2 rings (SSSR count). The summed E-state index contributed by atoms with van der Waals surface area (Å²) >= 11 is 2.02. The summed E-state index contributed by atoms with van der Waals surface area (Å²) in [5.74, 6) is 0. The normalized spacial score (nSPS) is 22.1. The van der Waals surface area contributed by atoms with Crippen molar-refractivity contribution in [2.75, 3.05) is 24.5 Å². The monoisotopic (exact) mass is 264 g/mol. The molecule has 1 saturated heterocycles. The first-order valence-corrected chi connectivity index (χ1v) is 7.70. The van der Waals surface area contributed by atoms with E-state index in [1.54, 1.807) is 0 Å². The largest absolute Gasteiger partial charge is 0.372 e. The molecule has 0 bridgehead atoms. The molecule has 1 atom stereocenters. The molecule has 1 fully saturated rings. The lowest BCUT2D eigenvalue weighted by Gasteiger charge is -2.22. The van der Waals surface area contributed by atoms with Crippen LogP contribution >= 0.6 is 11.8 Å². The Morgan fingerprint density at radius 1 is 1.22 bits per heavy atom. The van der Waals surface area contributed by atoms with Gasteiger partial charge in [-0.15, -0.1) is 11.8 Å². The Balaban J connectivity index is 2.08. The summed E-state index contributed by atoms with van der Waals surface area (Å²) < 4.78 is 0.349. The van der Waals surface area contributed by atoms with Crippen molar-refractivity contribution in [2.45, 2.75) is 37.8 Å². The van der Waals surface area contributed by atoms with Crippen LogP contribution in [-0.4, -0.2) is 24.4 Å². The number of benzene rings is 1. The van der Waals surface area contributed by atoms with Gasteiger partial charge in [0.1, 0.15) is 0 Å². The van der Waals surface area contributed by atoms with Gasteiger partial charge < -0.3 is 10.2 Å². The average molecular weight is 264 g/mol. The van der Waals surface area contributed by atoms with Crippen LogP contribution in [0.2, 0.25) is 0 Å². The van der Waals surface area contributed by atoms with Gasteiger partial charge in [0.25, 0.3) is 0 Å². The molecular weight excluding hydrogens is 240 g/mol. The van der Waals surface area contributed by atoms with Crippen LogP contribution in [0.4, 0.5) is 5.69 Å². The number of nitrogens with one attached hydrogen (secondary N) is 1. The third-order valence-electron chi connectivity index (χ3n) is 3.47. The molecule has 1 aliphatic heterocycles. The molecule has 100 valence electrons. The quantitative estimate of drug-likeness (QED) is 0.893. The number of thioether (sulfide) groups is 1. The molecule has 1 unspecified atom stereocenters. The van der Waals surface area contributed by atoms with Crippen LogP contribution in [0.15, 0.2) is 24.3 Å². The third kappa shape index (κ3) is 3.01. The van der Waals surface area contributed by atoms with Crippen LogP contribution in [-0.2, 0) is 0 Å². The van der Waals surface area contributed by atoms with Crippen molar-refractivity contribution in [3.63, 3.8) is 0 Å². The minimum absolute atomic E-state index is 0.349. The van der Waals surface area contributed by atoms with Gasteiger partial charge in [0, 0.05) is 30.1 Å². The molecular formula is C15H24N2S. The van der Waals surface area contributed by atoms with E-state index in [0.717, 1.165) is 19.6 Å². The Labute approximate surface area is 115 Å². The van der Waals surface area contributed by atoms with E-state index in [4.69, 9.17) is 0 Å². The van der Waals surface area contributed by atoms with Gasteiger partial charge in [0.2, 0.25) is 0 Å². The van der Waals surface area contributed by atoms with E-state index >= 15 is 0 Å². The van der Waals surface area contributed by atoms with Crippen LogP contribution in [0.25, 0.3) is 0 Å². The molecule has 0 aromatic heterocycles. The Hall–Kier alpha value is -0.670. The zero-order chi connectivity index (χ0) is 13.2. The Morgan fingerprint density at radius 2 is 1.83 bits per heavy atom. The highest BCUT2D eigenvalue weighted by atomic mass is 32.2. The number of hydrogen-bond acceptors (Lipinski definition) is 3. The van der Waals surface area contributed by atoms with Crippen molar-refractivity contribution in [1.82, 2.24) is 5.32 Å². The topological polar surface area (TPSA) is 15.3 Å². The highest BCUT2D eigenvalue weighted by Gasteiger charge is 2.31. The lowest BCUT2D eigenvalue weighted by Crippen LogP contribution is -2.22. The van der Waals surface area contributed by atoms with E-state index < -0.39 is 0 Å². The number of nitrogens with zero attached hydrogens (tertiary/aromatic N) is 1. The van der Waals surface area contributed by atoms with E-state index in [2.05, 4.69) is 62.2 Å². The highest BCUT2D eigenvalue weighted by Crippen LogP contribution is 2.42. The predicted octanol–water partition coefficient (Wildman–Crippen LogP) is 3.65. The van der Waals surface area contributed by atoms with Gasteiger partial charge in [-0.3, -0.25) is 0 Å². The van der Waals surface area contributed by atoms with E-state index in [-0.39, 0.29) is 0 Å². The molecule has 1 aliphatic rings. The molecule has 2 nitrogen and oxygen atoms in total. The summed E-state index contributed by atoms with van der Waals surface area (Å²) in [5, 5.41) is 4.04. The van der Waals surface area contributed by atoms with Crippen molar-refractivity contribution in [3.05, 3.63) is 29.8 Å². The summed E-state index contributed by atoms with van der Waals surface area (Å²) in [7, 11) is 0. The Morgan fingerprint density at radius 3 is 2.28 bits per heavy atom. The molecule has 0 amide bonds. The second kappa shape index (κ2) is 5.54. The fourth-order valence-electron chi connectivity index (χ4n) is 2.38. The zero-order valence-corrected chi connectivity index (χ0v) is 12.7. The summed E-state index contributed by atoms with van der Waals surface area (Å²) in [6.07, 6.45) is 0.